The average Bonchev–Trinajstić information content (AvgIpc) is 2.71. The van der Waals surface area contributed by atoms with Gasteiger partial charge >= 0.3 is 59.1 Å². The van der Waals surface area contributed by atoms with Crippen molar-refractivity contribution in [1.29, 1.82) is 0 Å². The van der Waals surface area contributed by atoms with Gasteiger partial charge in [-0.2, -0.15) is 5.10 Å². The molecular weight excluding hydrogens is 490 g/mol. The van der Waals surface area contributed by atoms with Gasteiger partial charge in [0.25, 0.3) is 0 Å². The molecule has 0 aliphatic heterocycles. The molecule has 1 aliphatic rings. The Hall–Kier alpha value is -1.38. The first kappa shape index (κ1) is 27.9. The van der Waals surface area contributed by atoms with Crippen LogP contribution in [0.2, 0.25) is 0 Å². The molecule has 0 atom stereocenters. The molecule has 0 unspecified atom stereocenters. The zero-order valence-electron chi connectivity index (χ0n) is 17.5. The molecule has 0 saturated carbocycles. The maximum absolute atomic E-state index is 12.7. The number of carbonyl (C=O) groups is 1. The Morgan fingerprint density at radius 2 is 1.30 bits per heavy atom. The van der Waals surface area contributed by atoms with E-state index in [1.54, 1.807) is 18.2 Å². The van der Waals surface area contributed by atoms with Gasteiger partial charge in [0.05, 0.1) is 15.5 Å². The number of ketones is 1. The van der Waals surface area contributed by atoms with Crippen LogP contribution in [0.4, 0.5) is 5.69 Å². The van der Waals surface area contributed by atoms with Crippen LogP contribution in [0.25, 0.3) is 15.7 Å². The number of hydrogen-bond acceptors (Lipinski definition) is 9. The van der Waals surface area contributed by atoms with Gasteiger partial charge in [-0.25, -0.2) is 16.8 Å². The molecule has 0 radical (unpaired) electrons. The molecular formula is C20H12N2Na2O7S2. The van der Waals surface area contributed by atoms with Crippen molar-refractivity contribution in [2.24, 2.45) is 5.10 Å². The first-order chi connectivity index (χ1) is 14.6. The number of nitrogens with zero attached hydrogens (tertiary/aromatic N) is 1. The van der Waals surface area contributed by atoms with Crippen LogP contribution in [0.1, 0.15) is 15.9 Å². The Bertz CT molecular complexity index is 1530. The first-order valence-corrected chi connectivity index (χ1v) is 11.5. The number of hydrazone groups is 1. The molecule has 1 aliphatic carbocycles. The van der Waals surface area contributed by atoms with E-state index in [1.165, 1.54) is 36.4 Å². The summed E-state index contributed by atoms with van der Waals surface area (Å²) >= 11 is 0. The van der Waals surface area contributed by atoms with Crippen molar-refractivity contribution in [3.8, 4) is 0 Å². The van der Waals surface area contributed by atoms with Crippen molar-refractivity contribution in [1.82, 2.24) is 0 Å². The molecule has 13 heteroatoms. The van der Waals surface area contributed by atoms with Crippen LogP contribution in [0.5, 0.6) is 0 Å². The Morgan fingerprint density at radius 3 is 1.91 bits per heavy atom. The minimum Gasteiger partial charge on any atom is -0.744 e. The molecule has 9 nitrogen and oxygen atoms in total. The average molecular weight is 502 g/mol. The number of carbonyl (C=O) groups excluding carboxylic acids is 1. The summed E-state index contributed by atoms with van der Waals surface area (Å²) in [4.78, 5) is 11.7. The van der Waals surface area contributed by atoms with Gasteiger partial charge in [-0.3, -0.25) is 10.2 Å². The third kappa shape index (κ3) is 5.65. The number of rotatable bonds is 4. The molecule has 158 valence electrons. The zero-order valence-corrected chi connectivity index (χ0v) is 23.1. The van der Waals surface area contributed by atoms with Crippen molar-refractivity contribution in [3.63, 3.8) is 0 Å². The molecule has 0 spiro atoms. The van der Waals surface area contributed by atoms with E-state index in [0.717, 1.165) is 12.1 Å². The Balaban J connectivity index is 0.00000193. The Kier molecular flexibility index (Phi) is 8.85. The van der Waals surface area contributed by atoms with Crippen LogP contribution < -0.4 is 64.5 Å². The molecule has 0 heterocycles. The standard InChI is InChI=1S/C20H14N2O7S2.2Na/c23-20-15-8-4-3-7-14(15)19(31(27,28)29)11-17(20)22-21-16-9-10-18(30(24,25)26)13-6-2-1-5-12(13)16;;/h1-11,21H,(H,24,25,26)(H,27,28,29);;/q;2*+1/p-2/b22-17+;;. The van der Waals surface area contributed by atoms with Gasteiger partial charge in [0.2, 0.25) is 5.78 Å². The van der Waals surface area contributed by atoms with E-state index < -0.39 is 35.8 Å². The monoisotopic (exact) mass is 502 g/mol. The number of nitrogens with one attached hydrogen (secondary N) is 1. The van der Waals surface area contributed by atoms with Crippen molar-refractivity contribution in [2.75, 3.05) is 5.43 Å². The van der Waals surface area contributed by atoms with Crippen LogP contribution in [0.15, 0.2) is 76.7 Å². The van der Waals surface area contributed by atoms with Gasteiger partial charge in [-0.1, -0.05) is 48.5 Å². The third-order valence-electron chi connectivity index (χ3n) is 4.66. The van der Waals surface area contributed by atoms with Crippen LogP contribution in [0.3, 0.4) is 0 Å². The van der Waals surface area contributed by atoms with Gasteiger partial charge in [0.15, 0.2) is 0 Å². The number of hydrogen-bond donors (Lipinski definition) is 1. The molecule has 1 N–H and O–H groups in total. The van der Waals surface area contributed by atoms with Crippen molar-refractivity contribution < 1.29 is 89.9 Å². The topological polar surface area (TPSA) is 156 Å². The van der Waals surface area contributed by atoms with E-state index in [1.807, 2.05) is 0 Å². The summed E-state index contributed by atoms with van der Waals surface area (Å²) in [6, 6.07) is 14.3. The first-order valence-electron chi connectivity index (χ1n) is 8.70. The van der Waals surface area contributed by atoms with Gasteiger partial charge < -0.3 is 9.11 Å². The second-order valence-corrected chi connectivity index (χ2v) is 9.25. The summed E-state index contributed by atoms with van der Waals surface area (Å²) in [6.45, 7) is 0. The molecule has 3 aromatic carbocycles. The van der Waals surface area contributed by atoms with Crippen LogP contribution in [-0.2, 0) is 20.2 Å². The molecule has 33 heavy (non-hydrogen) atoms. The van der Waals surface area contributed by atoms with E-state index in [4.69, 9.17) is 0 Å². The maximum atomic E-state index is 12.7. The summed E-state index contributed by atoms with van der Waals surface area (Å²) in [5.74, 6) is -0.599. The molecule has 0 bridgehead atoms. The van der Waals surface area contributed by atoms with E-state index in [2.05, 4.69) is 10.5 Å². The summed E-state index contributed by atoms with van der Waals surface area (Å²) in [5, 5.41) is 4.44. The molecule has 3 aromatic rings. The normalized spacial score (nSPS) is 14.7. The number of Topliss-reactive ketones (excluding diaryl/α,β-unsaturated/α-hetero) is 1. The quantitative estimate of drug-likeness (QED) is 0.217. The van der Waals surface area contributed by atoms with Crippen LogP contribution >= 0.6 is 0 Å². The summed E-state index contributed by atoms with van der Waals surface area (Å²) in [7, 11) is -9.61. The predicted molar refractivity (Wildman–Crippen MR) is 111 cm³/mol. The largest absolute Gasteiger partial charge is 1.00 e. The molecule has 0 aromatic heterocycles. The summed E-state index contributed by atoms with van der Waals surface area (Å²) in [5.41, 5.74) is 2.55. The molecule has 0 amide bonds. The molecule has 4 rings (SSSR count). The number of anilines is 1. The SMILES string of the molecule is O=C1/C(=N/Nc2ccc(S(=O)(=O)[O-])c3ccccc23)C=C(S(=O)(=O)[O-])c2ccccc21.[Na+].[Na+]. The van der Waals surface area contributed by atoms with Crippen molar-refractivity contribution >= 4 is 53.1 Å². The Morgan fingerprint density at radius 1 is 0.727 bits per heavy atom. The van der Waals surface area contributed by atoms with Crippen molar-refractivity contribution in [2.45, 2.75) is 4.90 Å². The van der Waals surface area contributed by atoms with Crippen molar-refractivity contribution in [3.05, 3.63) is 77.9 Å². The maximum Gasteiger partial charge on any atom is 1.00 e. The predicted octanol–water partition coefficient (Wildman–Crippen LogP) is -3.70. The minimum atomic E-state index is -4.89. The fourth-order valence-corrected chi connectivity index (χ4v) is 4.68. The number of benzene rings is 3. The van der Waals surface area contributed by atoms with Crippen LogP contribution in [-0.4, -0.2) is 37.4 Å². The third-order valence-corrected chi connectivity index (χ3v) is 6.43. The van der Waals surface area contributed by atoms with E-state index >= 15 is 0 Å². The fraction of sp³-hybridized carbons (Fsp3) is 0. The van der Waals surface area contributed by atoms with Gasteiger partial charge in [-0.15, -0.1) is 0 Å². The fourth-order valence-electron chi connectivity index (χ4n) is 3.30. The number of fused-ring (bicyclic) bond motifs is 2. The smallest absolute Gasteiger partial charge is 0.744 e. The van der Waals surface area contributed by atoms with Gasteiger partial charge in [0.1, 0.15) is 25.9 Å². The number of allylic oxidation sites excluding steroid dienone is 1. The molecule has 0 fully saturated rings. The van der Waals surface area contributed by atoms with Gasteiger partial charge in [-0.05, 0) is 18.2 Å². The zero-order chi connectivity index (χ0) is 22.4. The summed E-state index contributed by atoms with van der Waals surface area (Å²) in [6.07, 6.45) is 0.888. The Labute approximate surface area is 234 Å². The van der Waals surface area contributed by atoms with E-state index in [0.29, 0.717) is 5.39 Å². The van der Waals surface area contributed by atoms with E-state index in [-0.39, 0.29) is 87.0 Å². The second-order valence-electron chi connectivity index (χ2n) is 6.56. The van der Waals surface area contributed by atoms with E-state index in [9.17, 15) is 30.7 Å². The van der Waals surface area contributed by atoms with Crippen LogP contribution in [0, 0.1) is 0 Å². The summed E-state index contributed by atoms with van der Waals surface area (Å²) < 4.78 is 69.6. The minimum absolute atomic E-state index is 0. The van der Waals surface area contributed by atoms with Gasteiger partial charge in [0, 0.05) is 21.9 Å². The molecule has 0 saturated heterocycles. The second kappa shape index (κ2) is 10.5.